The summed E-state index contributed by atoms with van der Waals surface area (Å²) in [7, 11) is 0. The average Bonchev–Trinajstić information content (AvgIpc) is 2.81. The Kier molecular flexibility index (Phi) is 6.65. The number of hydrogen-bond acceptors (Lipinski definition) is 3. The first-order valence-corrected chi connectivity index (χ1v) is 7.88. The molecule has 0 spiro atoms. The maximum Gasteiger partial charge on any atom is 0.303 e. The van der Waals surface area contributed by atoms with Crippen molar-refractivity contribution in [2.24, 2.45) is 10.8 Å². The third-order valence-electron chi connectivity index (χ3n) is 4.50. The zero-order valence-corrected chi connectivity index (χ0v) is 13.3. The van der Waals surface area contributed by atoms with E-state index in [1.165, 1.54) is 0 Å². The molecule has 0 heterocycles. The second-order valence-corrected chi connectivity index (χ2v) is 7.22. The lowest BCUT2D eigenvalue weighted by Crippen LogP contribution is -2.37. The lowest BCUT2D eigenvalue weighted by atomic mass is 9.79. The summed E-state index contributed by atoms with van der Waals surface area (Å²) in [5, 5.41) is 20.9. The van der Waals surface area contributed by atoms with Gasteiger partial charge in [-0.1, -0.05) is 26.7 Å². The predicted octanol–water partition coefficient (Wildman–Crippen LogP) is 2.33. The molecule has 1 aliphatic carbocycles. The van der Waals surface area contributed by atoms with Crippen LogP contribution in [0.2, 0.25) is 0 Å². The van der Waals surface area contributed by atoms with Gasteiger partial charge < -0.3 is 15.5 Å². The third kappa shape index (κ3) is 6.46. The topological polar surface area (TPSA) is 86.6 Å². The summed E-state index contributed by atoms with van der Waals surface area (Å²) in [5.74, 6) is -0.858. The minimum absolute atomic E-state index is 0.0461. The third-order valence-corrected chi connectivity index (χ3v) is 4.50. The van der Waals surface area contributed by atoms with Crippen molar-refractivity contribution in [1.82, 2.24) is 5.32 Å². The van der Waals surface area contributed by atoms with Crippen LogP contribution in [-0.4, -0.2) is 35.2 Å². The summed E-state index contributed by atoms with van der Waals surface area (Å²) in [4.78, 5) is 23.2. The Morgan fingerprint density at radius 1 is 1.19 bits per heavy atom. The zero-order chi connectivity index (χ0) is 15.9. The molecule has 3 N–H and O–H groups in total. The maximum atomic E-state index is 12.2. The number of amides is 1. The van der Waals surface area contributed by atoms with Crippen molar-refractivity contribution >= 4 is 11.9 Å². The lowest BCUT2D eigenvalue weighted by Gasteiger charge is -2.28. The number of carboxylic acids is 1. The van der Waals surface area contributed by atoms with E-state index in [4.69, 9.17) is 10.2 Å². The first-order valence-electron chi connectivity index (χ1n) is 7.88. The molecule has 1 amide bonds. The molecule has 21 heavy (non-hydrogen) atoms. The molecular weight excluding hydrogens is 270 g/mol. The number of carbonyl (C=O) groups excluding carboxylic acids is 1. The molecule has 1 saturated carbocycles. The minimum Gasteiger partial charge on any atom is -0.481 e. The van der Waals surface area contributed by atoms with Crippen LogP contribution >= 0.6 is 0 Å². The number of carbonyl (C=O) groups is 2. The number of aliphatic carboxylic acids is 1. The van der Waals surface area contributed by atoms with Gasteiger partial charge in [0.05, 0.1) is 6.42 Å². The van der Waals surface area contributed by atoms with E-state index >= 15 is 0 Å². The molecule has 5 nitrogen and oxygen atoms in total. The quantitative estimate of drug-likeness (QED) is 0.610. The lowest BCUT2D eigenvalue weighted by molar-refractivity contribution is -0.140. The molecule has 0 atom stereocenters. The van der Waals surface area contributed by atoms with E-state index in [1.54, 1.807) is 0 Å². The Balaban J connectivity index is 2.46. The molecular formula is C16H29NO4. The fourth-order valence-electron chi connectivity index (χ4n) is 3.25. The van der Waals surface area contributed by atoms with E-state index in [-0.39, 0.29) is 29.8 Å². The molecule has 0 saturated heterocycles. The summed E-state index contributed by atoms with van der Waals surface area (Å²) in [6.07, 6.45) is 5.69. The van der Waals surface area contributed by atoms with Gasteiger partial charge in [0.1, 0.15) is 0 Å². The molecule has 1 rings (SSSR count). The van der Waals surface area contributed by atoms with Crippen molar-refractivity contribution in [2.45, 2.75) is 65.2 Å². The number of rotatable bonds is 9. The minimum atomic E-state index is -0.812. The van der Waals surface area contributed by atoms with Gasteiger partial charge in [-0.05, 0) is 36.5 Å². The highest BCUT2D eigenvalue weighted by Gasteiger charge is 2.38. The fraction of sp³-hybridized carbons (Fsp3) is 0.875. The van der Waals surface area contributed by atoms with Gasteiger partial charge in [0.25, 0.3) is 0 Å². The van der Waals surface area contributed by atoms with E-state index < -0.39 is 5.97 Å². The Hall–Kier alpha value is -1.10. The number of nitrogens with one attached hydrogen (secondary N) is 1. The van der Waals surface area contributed by atoms with Gasteiger partial charge in [-0.25, -0.2) is 0 Å². The van der Waals surface area contributed by atoms with Gasteiger partial charge in [-0.15, -0.1) is 0 Å². The van der Waals surface area contributed by atoms with Crippen LogP contribution in [-0.2, 0) is 9.59 Å². The summed E-state index contributed by atoms with van der Waals surface area (Å²) in [5.41, 5.74) is -0.390. The number of aliphatic hydroxyl groups is 1. The Morgan fingerprint density at radius 2 is 1.81 bits per heavy atom. The molecule has 1 aliphatic rings. The van der Waals surface area contributed by atoms with Crippen molar-refractivity contribution < 1.29 is 19.8 Å². The van der Waals surface area contributed by atoms with Crippen molar-refractivity contribution in [2.75, 3.05) is 13.2 Å². The second kappa shape index (κ2) is 7.78. The van der Waals surface area contributed by atoms with Crippen molar-refractivity contribution in [3.8, 4) is 0 Å². The highest BCUT2D eigenvalue weighted by Crippen LogP contribution is 2.44. The van der Waals surface area contributed by atoms with Crippen LogP contribution in [0.5, 0.6) is 0 Å². The molecule has 0 aromatic heterocycles. The molecule has 5 heteroatoms. The Morgan fingerprint density at radius 3 is 2.33 bits per heavy atom. The van der Waals surface area contributed by atoms with Crippen LogP contribution in [0.15, 0.2) is 0 Å². The number of carboxylic acid groups (broad SMARTS) is 1. The number of hydrogen-bond donors (Lipinski definition) is 3. The van der Waals surface area contributed by atoms with E-state index in [9.17, 15) is 9.59 Å². The maximum absolute atomic E-state index is 12.2. The Bertz CT molecular complexity index is 359. The van der Waals surface area contributed by atoms with E-state index in [1.807, 2.05) is 0 Å². The fourth-order valence-corrected chi connectivity index (χ4v) is 3.25. The molecule has 0 aromatic carbocycles. The largest absolute Gasteiger partial charge is 0.481 e. The van der Waals surface area contributed by atoms with Gasteiger partial charge in [-0.3, -0.25) is 9.59 Å². The molecule has 122 valence electrons. The zero-order valence-electron chi connectivity index (χ0n) is 13.3. The molecule has 0 aliphatic heterocycles. The molecule has 0 aromatic rings. The van der Waals surface area contributed by atoms with Crippen molar-refractivity contribution in [3.63, 3.8) is 0 Å². The van der Waals surface area contributed by atoms with E-state index in [2.05, 4.69) is 19.2 Å². The predicted molar refractivity (Wildman–Crippen MR) is 80.9 cm³/mol. The molecule has 1 fully saturated rings. The monoisotopic (exact) mass is 299 g/mol. The van der Waals surface area contributed by atoms with Crippen LogP contribution in [0.1, 0.15) is 65.2 Å². The van der Waals surface area contributed by atoms with Crippen LogP contribution in [0.25, 0.3) is 0 Å². The first-order chi connectivity index (χ1) is 9.79. The first kappa shape index (κ1) is 18.0. The van der Waals surface area contributed by atoms with Crippen molar-refractivity contribution in [3.05, 3.63) is 0 Å². The van der Waals surface area contributed by atoms with Gasteiger partial charge in [0.2, 0.25) is 5.91 Å². The normalized spacial score (nSPS) is 17.7. The van der Waals surface area contributed by atoms with Gasteiger partial charge in [0.15, 0.2) is 0 Å². The van der Waals surface area contributed by atoms with Gasteiger partial charge >= 0.3 is 5.97 Å². The number of aliphatic hydroxyl groups excluding tert-OH is 1. The standard InChI is InChI=1S/C16H29NO4/c1-15(2,6-5-9-18)12-17-13(19)10-16(11-14(20)21)7-3-4-8-16/h18H,3-12H2,1-2H3,(H,17,19)(H,20,21). The Labute approximate surface area is 127 Å². The van der Waals surface area contributed by atoms with Gasteiger partial charge in [0, 0.05) is 19.6 Å². The van der Waals surface area contributed by atoms with Crippen LogP contribution in [0.3, 0.4) is 0 Å². The SMILES string of the molecule is CC(C)(CCCO)CNC(=O)CC1(CC(=O)O)CCCC1. The molecule has 0 bridgehead atoms. The van der Waals surface area contributed by atoms with Crippen LogP contribution in [0, 0.1) is 10.8 Å². The van der Waals surface area contributed by atoms with Crippen molar-refractivity contribution in [1.29, 1.82) is 0 Å². The summed E-state index contributed by atoms with van der Waals surface area (Å²) in [6, 6.07) is 0. The highest BCUT2D eigenvalue weighted by atomic mass is 16.4. The average molecular weight is 299 g/mol. The van der Waals surface area contributed by atoms with E-state index in [0.29, 0.717) is 13.0 Å². The van der Waals surface area contributed by atoms with Crippen LogP contribution in [0.4, 0.5) is 0 Å². The summed E-state index contributed by atoms with van der Waals surface area (Å²) in [6.45, 7) is 4.85. The smallest absolute Gasteiger partial charge is 0.303 e. The molecule has 0 unspecified atom stereocenters. The van der Waals surface area contributed by atoms with Crippen LogP contribution < -0.4 is 5.32 Å². The second-order valence-electron chi connectivity index (χ2n) is 7.22. The summed E-state index contributed by atoms with van der Waals surface area (Å²) < 4.78 is 0. The van der Waals surface area contributed by atoms with E-state index in [0.717, 1.165) is 38.5 Å². The van der Waals surface area contributed by atoms with Gasteiger partial charge in [-0.2, -0.15) is 0 Å². The highest BCUT2D eigenvalue weighted by molar-refractivity contribution is 5.78. The summed E-state index contributed by atoms with van der Waals surface area (Å²) >= 11 is 0. The molecule has 0 radical (unpaired) electrons.